The van der Waals surface area contributed by atoms with Crippen molar-refractivity contribution < 1.29 is 0 Å². The number of aryl methyl sites for hydroxylation is 1. The maximum absolute atomic E-state index is 5.74. The van der Waals surface area contributed by atoms with Gasteiger partial charge in [-0.2, -0.15) is 15.0 Å². The summed E-state index contributed by atoms with van der Waals surface area (Å²) in [7, 11) is 0. The Morgan fingerprint density at radius 3 is 2.86 bits per heavy atom. The highest BCUT2D eigenvalue weighted by molar-refractivity contribution is 9.10. The zero-order valence-electron chi connectivity index (χ0n) is 11.2. The third-order valence-electron chi connectivity index (χ3n) is 2.82. The predicted octanol–water partition coefficient (Wildman–Crippen LogP) is 2.45. The third kappa shape index (κ3) is 3.00. The number of rotatable bonds is 3. The number of nitrogens with two attached hydrogens (primary N) is 1. The van der Waals surface area contributed by atoms with Crippen LogP contribution in [0.4, 0.5) is 17.6 Å². The van der Waals surface area contributed by atoms with Crippen LogP contribution in [0, 0.1) is 6.92 Å². The first-order valence-corrected chi connectivity index (χ1v) is 6.94. The van der Waals surface area contributed by atoms with Crippen molar-refractivity contribution in [2.24, 2.45) is 0 Å². The fourth-order valence-corrected chi connectivity index (χ4v) is 2.14. The predicted molar refractivity (Wildman–Crippen MR) is 83.5 cm³/mol. The van der Waals surface area contributed by atoms with Crippen molar-refractivity contribution in [2.45, 2.75) is 6.92 Å². The van der Waals surface area contributed by atoms with Crippen LogP contribution in [0.15, 0.2) is 41.4 Å². The number of nitrogen functional groups attached to an aromatic ring is 1. The van der Waals surface area contributed by atoms with Crippen molar-refractivity contribution in [1.82, 2.24) is 24.5 Å². The smallest absolute Gasteiger partial charge is 0.241 e. The zero-order valence-corrected chi connectivity index (χ0v) is 12.7. The van der Waals surface area contributed by atoms with Crippen LogP contribution < -0.4 is 11.1 Å². The zero-order chi connectivity index (χ0) is 14.8. The second-order valence-corrected chi connectivity index (χ2v) is 5.29. The van der Waals surface area contributed by atoms with Crippen LogP contribution in [0.5, 0.6) is 0 Å². The lowest BCUT2D eigenvalue weighted by Gasteiger charge is -2.10. The molecule has 0 aliphatic rings. The van der Waals surface area contributed by atoms with Crippen LogP contribution in [0.2, 0.25) is 0 Å². The van der Waals surface area contributed by atoms with Gasteiger partial charge < -0.3 is 11.1 Å². The Kier molecular flexibility index (Phi) is 3.53. The average Bonchev–Trinajstić information content (AvgIpc) is 2.96. The summed E-state index contributed by atoms with van der Waals surface area (Å²) < 4.78 is 2.63. The number of aromatic nitrogens is 5. The molecule has 21 heavy (non-hydrogen) atoms. The highest BCUT2D eigenvalue weighted by Crippen LogP contribution is 2.23. The molecular formula is C13H12BrN7. The Morgan fingerprint density at radius 1 is 1.24 bits per heavy atom. The average molecular weight is 346 g/mol. The number of benzene rings is 1. The van der Waals surface area contributed by atoms with Crippen molar-refractivity contribution >= 4 is 33.5 Å². The monoisotopic (exact) mass is 345 g/mol. The molecule has 8 heteroatoms. The molecule has 0 amide bonds. The van der Waals surface area contributed by atoms with Gasteiger partial charge in [0, 0.05) is 22.6 Å². The Morgan fingerprint density at radius 2 is 2.10 bits per heavy atom. The van der Waals surface area contributed by atoms with E-state index in [9.17, 15) is 0 Å². The highest BCUT2D eigenvalue weighted by atomic mass is 79.9. The summed E-state index contributed by atoms with van der Waals surface area (Å²) in [5, 5.41) is 3.15. The molecule has 0 unspecified atom stereocenters. The summed E-state index contributed by atoms with van der Waals surface area (Å²) in [6.45, 7) is 2.00. The number of nitrogens with one attached hydrogen (secondary N) is 1. The molecule has 2 heterocycles. The number of nitrogens with zero attached hydrogens (tertiary/aromatic N) is 5. The van der Waals surface area contributed by atoms with E-state index in [0.29, 0.717) is 11.9 Å². The number of anilines is 3. The van der Waals surface area contributed by atoms with Gasteiger partial charge in [0.05, 0.1) is 0 Å². The quantitative estimate of drug-likeness (QED) is 0.757. The molecule has 0 fully saturated rings. The molecule has 0 saturated carbocycles. The van der Waals surface area contributed by atoms with Crippen LogP contribution in [0.1, 0.15) is 5.56 Å². The van der Waals surface area contributed by atoms with E-state index < -0.39 is 0 Å². The molecule has 7 nitrogen and oxygen atoms in total. The van der Waals surface area contributed by atoms with E-state index in [1.54, 1.807) is 23.3 Å². The highest BCUT2D eigenvalue weighted by Gasteiger charge is 2.08. The fourth-order valence-electron chi connectivity index (χ4n) is 1.78. The van der Waals surface area contributed by atoms with E-state index in [1.165, 1.54) is 0 Å². The first-order chi connectivity index (χ1) is 10.1. The molecule has 0 aliphatic carbocycles. The van der Waals surface area contributed by atoms with Crippen molar-refractivity contribution in [3.8, 4) is 5.95 Å². The molecule has 0 saturated heterocycles. The first kappa shape index (κ1) is 13.5. The molecule has 106 valence electrons. The molecule has 0 radical (unpaired) electrons. The van der Waals surface area contributed by atoms with Crippen molar-refractivity contribution in [1.29, 1.82) is 0 Å². The van der Waals surface area contributed by atoms with Crippen LogP contribution in [-0.2, 0) is 0 Å². The van der Waals surface area contributed by atoms with Gasteiger partial charge in [-0.25, -0.2) is 4.98 Å². The maximum Gasteiger partial charge on any atom is 0.241 e. The molecule has 0 aliphatic heterocycles. The van der Waals surface area contributed by atoms with Gasteiger partial charge in [0.2, 0.25) is 17.8 Å². The number of halogens is 1. The van der Waals surface area contributed by atoms with Gasteiger partial charge in [-0.1, -0.05) is 22.0 Å². The Labute approximate surface area is 129 Å². The van der Waals surface area contributed by atoms with Gasteiger partial charge in [-0.15, -0.1) is 0 Å². The Hall–Kier alpha value is -2.48. The summed E-state index contributed by atoms with van der Waals surface area (Å²) in [6.07, 6.45) is 4.98. The summed E-state index contributed by atoms with van der Waals surface area (Å²) in [5.41, 5.74) is 7.71. The molecule has 3 rings (SSSR count). The second kappa shape index (κ2) is 5.49. The standard InChI is InChI=1S/C13H12BrN7/c1-8-2-3-9(14)6-10(8)17-12-18-11(15)19-13(20-12)21-5-4-16-7-21/h2-7H,1H3,(H3,15,17,18,19,20). The minimum absolute atomic E-state index is 0.142. The lowest BCUT2D eigenvalue weighted by molar-refractivity contribution is 0.906. The lowest BCUT2D eigenvalue weighted by atomic mass is 10.2. The fraction of sp³-hybridized carbons (Fsp3) is 0.0769. The summed E-state index contributed by atoms with van der Waals surface area (Å²) >= 11 is 3.44. The van der Waals surface area contributed by atoms with Crippen LogP contribution in [0.3, 0.4) is 0 Å². The van der Waals surface area contributed by atoms with E-state index in [2.05, 4.69) is 41.2 Å². The van der Waals surface area contributed by atoms with Gasteiger partial charge in [-0.05, 0) is 24.6 Å². The molecular weight excluding hydrogens is 334 g/mol. The number of hydrogen-bond donors (Lipinski definition) is 2. The van der Waals surface area contributed by atoms with Crippen molar-refractivity contribution in [3.63, 3.8) is 0 Å². The Balaban J connectivity index is 1.97. The molecule has 2 aromatic heterocycles. The van der Waals surface area contributed by atoms with E-state index in [4.69, 9.17) is 5.73 Å². The molecule has 3 N–H and O–H groups in total. The number of imidazole rings is 1. The van der Waals surface area contributed by atoms with Crippen molar-refractivity contribution in [3.05, 3.63) is 47.0 Å². The van der Waals surface area contributed by atoms with Crippen molar-refractivity contribution in [2.75, 3.05) is 11.1 Å². The molecule has 0 bridgehead atoms. The van der Waals surface area contributed by atoms with Gasteiger partial charge in [0.25, 0.3) is 0 Å². The van der Waals surface area contributed by atoms with E-state index in [1.807, 2.05) is 25.1 Å². The van der Waals surface area contributed by atoms with Gasteiger partial charge in [-0.3, -0.25) is 4.57 Å². The molecule has 3 aromatic rings. The summed E-state index contributed by atoms with van der Waals surface area (Å²) in [4.78, 5) is 16.5. The Bertz CT molecular complexity index is 770. The second-order valence-electron chi connectivity index (χ2n) is 4.37. The summed E-state index contributed by atoms with van der Waals surface area (Å²) in [6, 6.07) is 5.92. The van der Waals surface area contributed by atoms with Gasteiger partial charge in [0.1, 0.15) is 6.33 Å². The normalized spacial score (nSPS) is 10.6. The van der Waals surface area contributed by atoms with Crippen LogP contribution in [-0.4, -0.2) is 24.5 Å². The maximum atomic E-state index is 5.74. The molecule has 1 aromatic carbocycles. The SMILES string of the molecule is Cc1ccc(Br)cc1Nc1nc(N)nc(-n2ccnc2)n1. The van der Waals surface area contributed by atoms with E-state index >= 15 is 0 Å². The van der Waals surface area contributed by atoms with Gasteiger partial charge in [0.15, 0.2) is 0 Å². The van der Waals surface area contributed by atoms with Crippen LogP contribution in [0.25, 0.3) is 5.95 Å². The third-order valence-corrected chi connectivity index (χ3v) is 3.32. The minimum atomic E-state index is 0.142. The van der Waals surface area contributed by atoms with E-state index in [0.717, 1.165) is 15.7 Å². The van der Waals surface area contributed by atoms with E-state index in [-0.39, 0.29) is 5.95 Å². The molecule has 0 spiro atoms. The van der Waals surface area contributed by atoms with Crippen LogP contribution >= 0.6 is 15.9 Å². The lowest BCUT2D eigenvalue weighted by Crippen LogP contribution is -2.08. The topological polar surface area (TPSA) is 94.5 Å². The summed E-state index contributed by atoms with van der Waals surface area (Å²) in [5.74, 6) is 0.936. The first-order valence-electron chi connectivity index (χ1n) is 6.15. The number of hydrogen-bond acceptors (Lipinski definition) is 6. The minimum Gasteiger partial charge on any atom is -0.368 e. The molecule has 0 atom stereocenters. The van der Waals surface area contributed by atoms with Gasteiger partial charge >= 0.3 is 0 Å². The largest absolute Gasteiger partial charge is 0.368 e.